The third kappa shape index (κ3) is 3.71. The maximum absolute atomic E-state index is 14.0. The van der Waals surface area contributed by atoms with Gasteiger partial charge in [-0.1, -0.05) is 18.3 Å². The summed E-state index contributed by atoms with van der Waals surface area (Å²) in [6, 6.07) is 8.32. The summed E-state index contributed by atoms with van der Waals surface area (Å²) in [6.45, 7) is 1.82. The SMILES string of the molecule is COc1cc(NC(=S)c2ccc(C)cc2F)cc(OC)c1OC. The Morgan fingerprint density at radius 1 is 1.00 bits per heavy atom. The first kappa shape index (κ1) is 17.0. The summed E-state index contributed by atoms with van der Waals surface area (Å²) in [5.41, 5.74) is 1.78. The van der Waals surface area contributed by atoms with Gasteiger partial charge in [0.1, 0.15) is 10.8 Å². The van der Waals surface area contributed by atoms with Crippen LogP contribution in [0, 0.1) is 12.7 Å². The highest BCUT2D eigenvalue weighted by Crippen LogP contribution is 2.40. The van der Waals surface area contributed by atoms with Gasteiger partial charge >= 0.3 is 0 Å². The van der Waals surface area contributed by atoms with Crippen molar-refractivity contribution in [3.63, 3.8) is 0 Å². The molecule has 0 aliphatic carbocycles. The number of aryl methyl sites for hydroxylation is 1. The average molecular weight is 335 g/mol. The van der Waals surface area contributed by atoms with Crippen LogP contribution in [0.4, 0.5) is 10.1 Å². The van der Waals surface area contributed by atoms with Crippen LogP contribution in [0.5, 0.6) is 17.2 Å². The Balaban J connectivity index is 2.34. The first-order valence-corrected chi connectivity index (χ1v) is 7.28. The molecule has 6 heteroatoms. The summed E-state index contributed by atoms with van der Waals surface area (Å²) in [7, 11) is 4.58. The Bertz CT molecular complexity index is 709. The number of benzene rings is 2. The molecule has 0 bridgehead atoms. The van der Waals surface area contributed by atoms with Crippen molar-refractivity contribution >= 4 is 22.9 Å². The van der Waals surface area contributed by atoms with Crippen molar-refractivity contribution in [2.24, 2.45) is 0 Å². The van der Waals surface area contributed by atoms with Crippen molar-refractivity contribution in [3.8, 4) is 17.2 Å². The number of rotatable bonds is 5. The minimum Gasteiger partial charge on any atom is -0.493 e. The number of ether oxygens (including phenoxy) is 3. The summed E-state index contributed by atoms with van der Waals surface area (Å²) in [5.74, 6) is 1.09. The van der Waals surface area contributed by atoms with Gasteiger partial charge in [-0.2, -0.15) is 0 Å². The van der Waals surface area contributed by atoms with Gasteiger partial charge in [0.2, 0.25) is 5.75 Å². The predicted octanol–water partition coefficient (Wildman–Crippen LogP) is 3.95. The van der Waals surface area contributed by atoms with Crippen molar-refractivity contribution in [3.05, 3.63) is 47.3 Å². The molecule has 0 saturated heterocycles. The predicted molar refractivity (Wildman–Crippen MR) is 92.6 cm³/mol. The fourth-order valence-electron chi connectivity index (χ4n) is 2.16. The summed E-state index contributed by atoms with van der Waals surface area (Å²) in [5, 5.41) is 3.00. The van der Waals surface area contributed by atoms with Crippen molar-refractivity contribution < 1.29 is 18.6 Å². The van der Waals surface area contributed by atoms with Gasteiger partial charge in [0, 0.05) is 23.4 Å². The van der Waals surface area contributed by atoms with Gasteiger partial charge in [-0.3, -0.25) is 0 Å². The van der Waals surface area contributed by atoms with Crippen LogP contribution in [0.3, 0.4) is 0 Å². The second-order valence-electron chi connectivity index (χ2n) is 4.85. The number of thiocarbonyl (C=S) groups is 1. The Labute approximate surface area is 140 Å². The van der Waals surface area contributed by atoms with E-state index in [1.165, 1.54) is 27.4 Å². The van der Waals surface area contributed by atoms with Gasteiger partial charge in [-0.25, -0.2) is 4.39 Å². The van der Waals surface area contributed by atoms with E-state index in [-0.39, 0.29) is 10.8 Å². The monoisotopic (exact) mass is 335 g/mol. The van der Waals surface area contributed by atoms with E-state index in [1.54, 1.807) is 18.2 Å². The molecular formula is C17H18FNO3S. The minimum atomic E-state index is -0.366. The molecule has 2 aromatic carbocycles. The van der Waals surface area contributed by atoms with Gasteiger partial charge in [0.05, 0.1) is 21.3 Å². The molecular weight excluding hydrogens is 317 g/mol. The highest BCUT2D eigenvalue weighted by Gasteiger charge is 2.15. The normalized spacial score (nSPS) is 10.1. The Morgan fingerprint density at radius 2 is 1.61 bits per heavy atom. The van der Waals surface area contributed by atoms with Crippen LogP contribution in [-0.4, -0.2) is 26.3 Å². The molecule has 0 aliphatic rings. The molecule has 0 fully saturated rings. The van der Waals surface area contributed by atoms with E-state index >= 15 is 0 Å². The van der Waals surface area contributed by atoms with Crippen LogP contribution >= 0.6 is 12.2 Å². The summed E-state index contributed by atoms with van der Waals surface area (Å²) >= 11 is 5.29. The summed E-state index contributed by atoms with van der Waals surface area (Å²) in [6.07, 6.45) is 0. The highest BCUT2D eigenvalue weighted by atomic mass is 32.1. The molecule has 122 valence electrons. The zero-order valence-corrected chi connectivity index (χ0v) is 14.2. The lowest BCUT2D eigenvalue weighted by Gasteiger charge is -2.15. The van der Waals surface area contributed by atoms with Gasteiger partial charge in [0.15, 0.2) is 11.5 Å². The number of nitrogens with one attached hydrogen (secondary N) is 1. The molecule has 2 aromatic rings. The molecule has 23 heavy (non-hydrogen) atoms. The van der Waals surface area contributed by atoms with E-state index in [0.717, 1.165) is 5.56 Å². The van der Waals surface area contributed by atoms with Gasteiger partial charge in [-0.05, 0) is 24.6 Å². The molecule has 0 unspecified atom stereocenters. The van der Waals surface area contributed by atoms with Crippen LogP contribution in [0.2, 0.25) is 0 Å². The maximum Gasteiger partial charge on any atom is 0.203 e. The second-order valence-corrected chi connectivity index (χ2v) is 5.26. The number of hydrogen-bond acceptors (Lipinski definition) is 4. The number of hydrogen-bond donors (Lipinski definition) is 1. The zero-order valence-electron chi connectivity index (χ0n) is 13.4. The van der Waals surface area contributed by atoms with Crippen molar-refractivity contribution in [1.82, 2.24) is 0 Å². The van der Waals surface area contributed by atoms with E-state index in [0.29, 0.717) is 28.5 Å². The van der Waals surface area contributed by atoms with Crippen LogP contribution < -0.4 is 19.5 Å². The Kier molecular flexibility index (Phi) is 5.39. The largest absolute Gasteiger partial charge is 0.493 e. The first-order valence-electron chi connectivity index (χ1n) is 6.87. The molecule has 0 heterocycles. The van der Waals surface area contributed by atoms with E-state index in [9.17, 15) is 4.39 Å². The number of methoxy groups -OCH3 is 3. The van der Waals surface area contributed by atoms with Gasteiger partial charge in [0.25, 0.3) is 0 Å². The summed E-state index contributed by atoms with van der Waals surface area (Å²) < 4.78 is 29.8. The Morgan fingerprint density at radius 3 is 2.09 bits per heavy atom. The maximum atomic E-state index is 14.0. The molecule has 0 atom stereocenters. The topological polar surface area (TPSA) is 39.7 Å². The third-order valence-corrected chi connectivity index (χ3v) is 3.61. The lowest BCUT2D eigenvalue weighted by atomic mass is 10.1. The average Bonchev–Trinajstić information content (AvgIpc) is 2.53. The lowest BCUT2D eigenvalue weighted by molar-refractivity contribution is 0.324. The van der Waals surface area contributed by atoms with E-state index in [1.807, 2.05) is 13.0 Å². The standard InChI is InChI=1S/C17H18FNO3S/c1-10-5-6-12(13(18)7-10)17(23)19-11-8-14(20-2)16(22-4)15(9-11)21-3/h5-9H,1-4H3,(H,19,23). The molecule has 0 saturated carbocycles. The lowest BCUT2D eigenvalue weighted by Crippen LogP contribution is -2.13. The zero-order chi connectivity index (χ0) is 17.0. The van der Waals surface area contributed by atoms with Crippen LogP contribution in [0.1, 0.15) is 11.1 Å². The molecule has 0 radical (unpaired) electrons. The minimum absolute atomic E-state index is 0.275. The van der Waals surface area contributed by atoms with Crippen LogP contribution in [0.25, 0.3) is 0 Å². The van der Waals surface area contributed by atoms with Crippen molar-refractivity contribution in [1.29, 1.82) is 0 Å². The Hall–Kier alpha value is -2.34. The van der Waals surface area contributed by atoms with E-state index < -0.39 is 0 Å². The summed E-state index contributed by atoms with van der Waals surface area (Å²) in [4.78, 5) is 0.275. The van der Waals surface area contributed by atoms with Crippen molar-refractivity contribution in [2.45, 2.75) is 6.92 Å². The van der Waals surface area contributed by atoms with Gasteiger partial charge < -0.3 is 19.5 Å². The van der Waals surface area contributed by atoms with Crippen LogP contribution in [0.15, 0.2) is 30.3 Å². The number of anilines is 1. The fraction of sp³-hybridized carbons (Fsp3) is 0.235. The van der Waals surface area contributed by atoms with Crippen molar-refractivity contribution in [2.75, 3.05) is 26.6 Å². The number of halogens is 1. The second kappa shape index (κ2) is 7.28. The molecule has 0 aliphatic heterocycles. The molecule has 4 nitrogen and oxygen atoms in total. The molecule has 0 amide bonds. The fourth-order valence-corrected chi connectivity index (χ4v) is 2.44. The third-order valence-electron chi connectivity index (χ3n) is 3.29. The first-order chi connectivity index (χ1) is 11.0. The molecule has 2 rings (SSSR count). The molecule has 0 spiro atoms. The molecule has 0 aromatic heterocycles. The van der Waals surface area contributed by atoms with Crippen LogP contribution in [-0.2, 0) is 0 Å². The quantitative estimate of drug-likeness (QED) is 0.838. The smallest absolute Gasteiger partial charge is 0.203 e. The highest BCUT2D eigenvalue weighted by molar-refractivity contribution is 7.81. The molecule has 1 N–H and O–H groups in total. The van der Waals surface area contributed by atoms with E-state index in [2.05, 4.69) is 5.32 Å². The van der Waals surface area contributed by atoms with Gasteiger partial charge in [-0.15, -0.1) is 0 Å². The van der Waals surface area contributed by atoms with E-state index in [4.69, 9.17) is 26.4 Å².